The van der Waals surface area contributed by atoms with Crippen LogP contribution in [0.5, 0.6) is 0 Å². The van der Waals surface area contributed by atoms with Gasteiger partial charge in [0.15, 0.2) is 9.84 Å². The van der Waals surface area contributed by atoms with Crippen molar-refractivity contribution in [3.05, 3.63) is 70.7 Å². The number of rotatable bonds is 5. The van der Waals surface area contributed by atoms with Crippen LogP contribution in [0.2, 0.25) is 5.02 Å². The Kier molecular flexibility index (Phi) is 5.25. The fourth-order valence-electron chi connectivity index (χ4n) is 3.11. The van der Waals surface area contributed by atoms with Crippen LogP contribution < -0.4 is 0 Å². The van der Waals surface area contributed by atoms with Gasteiger partial charge in [-0.25, -0.2) is 8.42 Å². The predicted octanol–water partition coefficient (Wildman–Crippen LogP) is 2.50. The Morgan fingerprint density at radius 3 is 2.29 bits per heavy atom. The van der Waals surface area contributed by atoms with Crippen molar-refractivity contribution >= 4 is 21.4 Å². The first-order valence-corrected chi connectivity index (χ1v) is 10.0. The van der Waals surface area contributed by atoms with E-state index in [9.17, 15) is 13.5 Å². The molecular weight excluding hydrogens is 346 g/mol. The normalized spacial score (nSPS) is 22.8. The van der Waals surface area contributed by atoms with E-state index < -0.39 is 22.0 Å². The van der Waals surface area contributed by atoms with Crippen LogP contribution in [0.25, 0.3) is 0 Å². The number of nitrogens with zero attached hydrogens (tertiary/aromatic N) is 1. The Hall–Kier alpha value is -1.40. The van der Waals surface area contributed by atoms with Crippen molar-refractivity contribution in [2.75, 3.05) is 11.5 Å². The minimum absolute atomic E-state index is 0.0224. The van der Waals surface area contributed by atoms with Gasteiger partial charge in [-0.1, -0.05) is 60.1 Å². The number of aliphatic hydroxyl groups is 1. The van der Waals surface area contributed by atoms with Crippen LogP contribution in [0.15, 0.2) is 54.6 Å². The fourth-order valence-corrected chi connectivity index (χ4v) is 5.14. The zero-order chi connectivity index (χ0) is 17.2. The fraction of sp³-hybridized carbons (Fsp3) is 0.333. The summed E-state index contributed by atoms with van der Waals surface area (Å²) in [5, 5.41) is 10.9. The summed E-state index contributed by atoms with van der Waals surface area (Å²) in [6.07, 6.45) is -0.874. The Morgan fingerprint density at radius 2 is 1.67 bits per heavy atom. The summed E-state index contributed by atoms with van der Waals surface area (Å²) in [5.74, 6) is -0.197. The van der Waals surface area contributed by atoms with Crippen LogP contribution >= 0.6 is 11.6 Å². The van der Waals surface area contributed by atoms with Gasteiger partial charge >= 0.3 is 0 Å². The Morgan fingerprint density at radius 1 is 1.00 bits per heavy atom. The second-order valence-electron chi connectivity index (χ2n) is 6.19. The molecule has 0 spiro atoms. The molecule has 4 nitrogen and oxygen atoms in total. The van der Waals surface area contributed by atoms with Crippen LogP contribution in [-0.4, -0.2) is 42.1 Å². The third kappa shape index (κ3) is 4.16. The quantitative estimate of drug-likeness (QED) is 0.884. The SMILES string of the molecule is O=S1(=O)C[C@@H](N(Cc2ccccc2)Cc2ccccc2Cl)[C@@H](O)C1. The Bertz CT molecular complexity index is 795. The minimum Gasteiger partial charge on any atom is -0.390 e. The molecule has 1 heterocycles. The molecule has 3 rings (SSSR count). The van der Waals surface area contributed by atoms with Crippen molar-refractivity contribution in [2.24, 2.45) is 0 Å². The first-order valence-electron chi connectivity index (χ1n) is 7.84. The lowest BCUT2D eigenvalue weighted by molar-refractivity contribution is 0.0731. The zero-order valence-electron chi connectivity index (χ0n) is 13.2. The number of hydrogen-bond acceptors (Lipinski definition) is 4. The summed E-state index contributed by atoms with van der Waals surface area (Å²) in [4.78, 5) is 2.01. The summed E-state index contributed by atoms with van der Waals surface area (Å²) in [6.45, 7) is 1.05. The maximum atomic E-state index is 11.9. The summed E-state index contributed by atoms with van der Waals surface area (Å²) in [6, 6.07) is 16.9. The van der Waals surface area contributed by atoms with Gasteiger partial charge in [0.25, 0.3) is 0 Å². The molecule has 1 aliphatic rings. The lowest BCUT2D eigenvalue weighted by Gasteiger charge is -2.30. The zero-order valence-corrected chi connectivity index (χ0v) is 14.7. The number of benzene rings is 2. The average molecular weight is 366 g/mol. The third-order valence-electron chi connectivity index (χ3n) is 4.32. The highest BCUT2D eigenvalue weighted by molar-refractivity contribution is 7.91. The average Bonchev–Trinajstić information content (AvgIpc) is 2.82. The lowest BCUT2D eigenvalue weighted by atomic mass is 10.1. The molecule has 1 saturated heterocycles. The molecule has 24 heavy (non-hydrogen) atoms. The van der Waals surface area contributed by atoms with Crippen molar-refractivity contribution in [3.63, 3.8) is 0 Å². The molecule has 128 valence electrons. The first kappa shape index (κ1) is 17.4. The highest BCUT2D eigenvalue weighted by Crippen LogP contribution is 2.25. The molecule has 0 bridgehead atoms. The van der Waals surface area contributed by atoms with Crippen LogP contribution in [-0.2, 0) is 22.9 Å². The predicted molar refractivity (Wildman–Crippen MR) is 95.6 cm³/mol. The van der Waals surface area contributed by atoms with E-state index >= 15 is 0 Å². The van der Waals surface area contributed by atoms with Crippen LogP contribution in [0.1, 0.15) is 11.1 Å². The molecule has 2 aromatic carbocycles. The third-order valence-corrected chi connectivity index (χ3v) is 6.39. The Labute approximate surface area is 147 Å². The minimum atomic E-state index is -3.21. The summed E-state index contributed by atoms with van der Waals surface area (Å²) in [5.41, 5.74) is 1.99. The van der Waals surface area contributed by atoms with Crippen molar-refractivity contribution in [1.82, 2.24) is 4.90 Å². The van der Waals surface area contributed by atoms with E-state index in [1.807, 2.05) is 59.5 Å². The number of halogens is 1. The van der Waals surface area contributed by atoms with Gasteiger partial charge in [0.05, 0.1) is 23.7 Å². The monoisotopic (exact) mass is 365 g/mol. The maximum Gasteiger partial charge on any atom is 0.154 e. The van der Waals surface area contributed by atoms with E-state index in [0.29, 0.717) is 18.1 Å². The van der Waals surface area contributed by atoms with Crippen molar-refractivity contribution in [3.8, 4) is 0 Å². The molecule has 2 aromatic rings. The van der Waals surface area contributed by atoms with Gasteiger partial charge in [-0.15, -0.1) is 0 Å². The van der Waals surface area contributed by atoms with Gasteiger partial charge in [0.2, 0.25) is 0 Å². The van der Waals surface area contributed by atoms with Gasteiger partial charge in [-0.3, -0.25) is 4.90 Å². The number of hydrogen-bond donors (Lipinski definition) is 1. The molecule has 0 saturated carbocycles. The molecule has 2 atom stereocenters. The topological polar surface area (TPSA) is 57.6 Å². The molecular formula is C18H20ClNO3S. The van der Waals surface area contributed by atoms with E-state index in [0.717, 1.165) is 11.1 Å². The lowest BCUT2D eigenvalue weighted by Crippen LogP contribution is -2.42. The van der Waals surface area contributed by atoms with E-state index in [1.54, 1.807) is 0 Å². The van der Waals surface area contributed by atoms with Gasteiger partial charge in [0.1, 0.15) is 0 Å². The molecule has 1 fully saturated rings. The van der Waals surface area contributed by atoms with Crippen LogP contribution in [0.4, 0.5) is 0 Å². The van der Waals surface area contributed by atoms with Gasteiger partial charge < -0.3 is 5.11 Å². The van der Waals surface area contributed by atoms with Gasteiger partial charge in [-0.05, 0) is 17.2 Å². The molecule has 0 unspecified atom stereocenters. The van der Waals surface area contributed by atoms with E-state index in [2.05, 4.69) is 0 Å². The molecule has 1 aliphatic heterocycles. The highest BCUT2D eigenvalue weighted by Gasteiger charge is 2.40. The second-order valence-corrected chi connectivity index (χ2v) is 8.75. The molecule has 0 aromatic heterocycles. The van der Waals surface area contributed by atoms with Crippen molar-refractivity contribution < 1.29 is 13.5 Å². The molecule has 0 amide bonds. The smallest absolute Gasteiger partial charge is 0.154 e. The van der Waals surface area contributed by atoms with Crippen LogP contribution in [0, 0.1) is 0 Å². The summed E-state index contributed by atoms with van der Waals surface area (Å²) < 4.78 is 23.8. The van der Waals surface area contributed by atoms with Crippen molar-refractivity contribution in [1.29, 1.82) is 0 Å². The molecule has 1 N–H and O–H groups in total. The van der Waals surface area contributed by atoms with E-state index in [-0.39, 0.29) is 11.5 Å². The van der Waals surface area contributed by atoms with Crippen molar-refractivity contribution in [2.45, 2.75) is 25.2 Å². The van der Waals surface area contributed by atoms with E-state index in [4.69, 9.17) is 11.6 Å². The summed E-state index contributed by atoms with van der Waals surface area (Å²) in [7, 11) is -3.21. The highest BCUT2D eigenvalue weighted by atomic mass is 35.5. The van der Waals surface area contributed by atoms with E-state index in [1.165, 1.54) is 0 Å². The molecule has 0 radical (unpaired) electrons. The summed E-state index contributed by atoms with van der Waals surface area (Å²) >= 11 is 6.26. The van der Waals surface area contributed by atoms with Gasteiger partial charge in [0, 0.05) is 18.1 Å². The maximum absolute atomic E-state index is 11.9. The standard InChI is InChI=1S/C18H20ClNO3S/c19-16-9-5-4-8-15(16)11-20(10-14-6-2-1-3-7-14)17-12-24(22,23)13-18(17)21/h1-9,17-18,21H,10-13H2/t17-,18+/m1/s1. The number of sulfone groups is 1. The number of aliphatic hydroxyl groups excluding tert-OH is 1. The molecule has 0 aliphatic carbocycles. The largest absolute Gasteiger partial charge is 0.390 e. The van der Waals surface area contributed by atoms with Crippen LogP contribution in [0.3, 0.4) is 0 Å². The first-order chi connectivity index (χ1) is 11.4. The second kappa shape index (κ2) is 7.23. The Balaban J connectivity index is 1.87. The molecule has 6 heteroatoms. The van der Waals surface area contributed by atoms with Gasteiger partial charge in [-0.2, -0.15) is 0 Å².